The Labute approximate surface area is 177 Å². The van der Waals surface area contributed by atoms with E-state index in [1.807, 2.05) is 46.2 Å². The highest BCUT2D eigenvalue weighted by atomic mass is 16.5. The second-order valence-electron chi connectivity index (χ2n) is 9.06. The quantitative estimate of drug-likeness (QED) is 0.781. The predicted octanol–water partition coefficient (Wildman–Crippen LogP) is 3.86. The van der Waals surface area contributed by atoms with Gasteiger partial charge < -0.3 is 14.5 Å². The van der Waals surface area contributed by atoms with Gasteiger partial charge in [0.15, 0.2) is 5.72 Å². The second kappa shape index (κ2) is 6.95. The van der Waals surface area contributed by atoms with Crippen LogP contribution in [0.2, 0.25) is 0 Å². The van der Waals surface area contributed by atoms with Crippen LogP contribution in [0.15, 0.2) is 48.5 Å². The molecule has 0 aliphatic carbocycles. The number of nitrogens with zero attached hydrogens (tertiary/aromatic N) is 2. The van der Waals surface area contributed by atoms with Crippen LogP contribution in [-0.4, -0.2) is 52.6 Å². The molecule has 2 amide bonds. The second-order valence-corrected chi connectivity index (χ2v) is 9.06. The minimum atomic E-state index is -0.640. The van der Waals surface area contributed by atoms with Crippen LogP contribution in [0.5, 0.6) is 0 Å². The minimum Gasteiger partial charge on any atom is -0.351 e. The molecule has 0 unspecified atom stereocenters. The molecule has 3 heterocycles. The number of carbonyl (C=O) groups is 2. The Morgan fingerprint density at radius 2 is 1.80 bits per heavy atom. The van der Waals surface area contributed by atoms with Crippen molar-refractivity contribution in [1.82, 2.24) is 9.80 Å². The van der Waals surface area contributed by atoms with Crippen LogP contribution in [0, 0.1) is 12.8 Å². The van der Waals surface area contributed by atoms with Crippen LogP contribution in [-0.2, 0) is 9.53 Å². The first-order chi connectivity index (χ1) is 14.4. The van der Waals surface area contributed by atoms with Gasteiger partial charge in [0.2, 0.25) is 5.91 Å². The van der Waals surface area contributed by atoms with Crippen molar-refractivity contribution in [3.8, 4) is 11.1 Å². The fourth-order valence-corrected chi connectivity index (χ4v) is 5.55. The van der Waals surface area contributed by atoms with Gasteiger partial charge in [0.25, 0.3) is 5.91 Å². The molecular weight excluding hydrogens is 376 g/mol. The standard InChI is InChI=1S/C25H28N2O3/c1-16(2)21-15-30-25-12-13-26(22(25)14-23(28)27(21)25)24(29)20-11-7-6-10-19(20)18-9-5-4-8-17(18)3/h4-11,16,21-22H,12-15H2,1-3H3/t21-,22+,25-/m0/s1. The molecule has 5 rings (SSSR count). The van der Waals surface area contributed by atoms with Crippen molar-refractivity contribution in [2.75, 3.05) is 13.2 Å². The van der Waals surface area contributed by atoms with Crippen molar-refractivity contribution in [2.45, 2.75) is 51.4 Å². The third-order valence-corrected chi connectivity index (χ3v) is 7.11. The van der Waals surface area contributed by atoms with Gasteiger partial charge in [-0.3, -0.25) is 9.59 Å². The van der Waals surface area contributed by atoms with Crippen LogP contribution in [0.3, 0.4) is 0 Å². The van der Waals surface area contributed by atoms with Crippen molar-refractivity contribution in [2.24, 2.45) is 5.92 Å². The summed E-state index contributed by atoms with van der Waals surface area (Å²) in [5.41, 5.74) is 3.19. The van der Waals surface area contributed by atoms with Crippen LogP contribution in [0.1, 0.15) is 42.6 Å². The monoisotopic (exact) mass is 404 g/mol. The van der Waals surface area contributed by atoms with Crippen molar-refractivity contribution in [1.29, 1.82) is 0 Å². The third-order valence-electron chi connectivity index (χ3n) is 7.11. The van der Waals surface area contributed by atoms with Crippen molar-refractivity contribution in [3.63, 3.8) is 0 Å². The van der Waals surface area contributed by atoms with Crippen LogP contribution >= 0.6 is 0 Å². The van der Waals surface area contributed by atoms with Crippen molar-refractivity contribution in [3.05, 3.63) is 59.7 Å². The van der Waals surface area contributed by atoms with E-state index in [0.717, 1.165) is 16.7 Å². The minimum absolute atomic E-state index is 0.0121. The lowest BCUT2D eigenvalue weighted by atomic mass is 9.95. The smallest absolute Gasteiger partial charge is 0.254 e. The lowest BCUT2D eigenvalue weighted by Gasteiger charge is -2.34. The average molecular weight is 405 g/mol. The topological polar surface area (TPSA) is 49.9 Å². The Morgan fingerprint density at radius 3 is 2.53 bits per heavy atom. The number of aryl methyl sites for hydroxylation is 1. The number of carbonyl (C=O) groups excluding carboxylic acids is 2. The number of hydrogen-bond acceptors (Lipinski definition) is 3. The molecule has 2 aromatic carbocycles. The van der Waals surface area contributed by atoms with Crippen LogP contribution < -0.4 is 0 Å². The fraction of sp³-hybridized carbons (Fsp3) is 0.440. The Kier molecular flexibility index (Phi) is 4.47. The van der Waals surface area contributed by atoms with Gasteiger partial charge in [-0.1, -0.05) is 56.3 Å². The van der Waals surface area contributed by atoms with Crippen LogP contribution in [0.25, 0.3) is 11.1 Å². The summed E-state index contributed by atoms with van der Waals surface area (Å²) in [7, 11) is 0. The Bertz CT molecular complexity index is 1020. The summed E-state index contributed by atoms with van der Waals surface area (Å²) in [6.07, 6.45) is 1.03. The van der Waals surface area contributed by atoms with E-state index < -0.39 is 5.72 Å². The highest BCUT2D eigenvalue weighted by Crippen LogP contribution is 2.49. The molecule has 2 aromatic rings. The van der Waals surface area contributed by atoms with E-state index in [-0.39, 0.29) is 23.9 Å². The van der Waals surface area contributed by atoms with Gasteiger partial charge in [0.05, 0.1) is 25.1 Å². The van der Waals surface area contributed by atoms with Crippen molar-refractivity contribution < 1.29 is 14.3 Å². The molecule has 3 atom stereocenters. The summed E-state index contributed by atoms with van der Waals surface area (Å²) in [6, 6.07) is 15.8. The Morgan fingerprint density at radius 1 is 1.10 bits per heavy atom. The summed E-state index contributed by atoms with van der Waals surface area (Å²) in [4.78, 5) is 30.5. The molecular formula is C25H28N2O3. The molecule has 1 spiro atoms. The number of rotatable bonds is 3. The zero-order valence-electron chi connectivity index (χ0n) is 17.8. The zero-order valence-corrected chi connectivity index (χ0v) is 17.8. The van der Waals surface area contributed by atoms with E-state index in [0.29, 0.717) is 37.5 Å². The molecule has 0 N–H and O–H groups in total. The van der Waals surface area contributed by atoms with E-state index in [1.165, 1.54) is 0 Å². The van der Waals surface area contributed by atoms with E-state index >= 15 is 0 Å². The van der Waals surface area contributed by atoms with Gasteiger partial charge >= 0.3 is 0 Å². The summed E-state index contributed by atoms with van der Waals surface area (Å²) in [5.74, 6) is 0.432. The first-order valence-electron chi connectivity index (χ1n) is 10.9. The highest BCUT2D eigenvalue weighted by molar-refractivity contribution is 6.02. The molecule has 3 fully saturated rings. The molecule has 3 aliphatic heterocycles. The van der Waals surface area contributed by atoms with Gasteiger partial charge in [-0.2, -0.15) is 0 Å². The summed E-state index contributed by atoms with van der Waals surface area (Å²) in [5, 5.41) is 0. The van der Waals surface area contributed by atoms with E-state index in [9.17, 15) is 9.59 Å². The van der Waals surface area contributed by atoms with Gasteiger partial charge in [0, 0.05) is 18.5 Å². The van der Waals surface area contributed by atoms with Crippen LogP contribution in [0.4, 0.5) is 0 Å². The number of hydrogen-bond donors (Lipinski definition) is 0. The molecule has 5 heteroatoms. The maximum atomic E-state index is 13.7. The maximum Gasteiger partial charge on any atom is 0.254 e. The molecule has 0 radical (unpaired) electrons. The summed E-state index contributed by atoms with van der Waals surface area (Å²) in [6.45, 7) is 7.49. The predicted molar refractivity (Wildman–Crippen MR) is 115 cm³/mol. The van der Waals surface area contributed by atoms with Gasteiger partial charge in [-0.05, 0) is 35.6 Å². The summed E-state index contributed by atoms with van der Waals surface area (Å²) >= 11 is 0. The van der Waals surface area contributed by atoms with Gasteiger partial charge in [-0.15, -0.1) is 0 Å². The van der Waals surface area contributed by atoms with Gasteiger partial charge in [-0.25, -0.2) is 0 Å². The number of likely N-dealkylation sites (tertiary alicyclic amines) is 1. The number of amides is 2. The van der Waals surface area contributed by atoms with Gasteiger partial charge in [0.1, 0.15) is 0 Å². The largest absolute Gasteiger partial charge is 0.351 e. The maximum absolute atomic E-state index is 13.7. The third kappa shape index (κ3) is 2.64. The number of benzene rings is 2. The lowest BCUT2D eigenvalue weighted by molar-refractivity contribution is -0.139. The highest BCUT2D eigenvalue weighted by Gasteiger charge is 2.65. The molecule has 0 bridgehead atoms. The lowest BCUT2D eigenvalue weighted by Crippen LogP contribution is -2.51. The normalized spacial score (nSPS) is 27.7. The zero-order chi connectivity index (χ0) is 21.0. The Balaban J connectivity index is 1.50. The first-order valence-corrected chi connectivity index (χ1v) is 10.9. The fourth-order valence-electron chi connectivity index (χ4n) is 5.55. The first kappa shape index (κ1) is 19.3. The molecule has 0 aromatic heterocycles. The van der Waals surface area contributed by atoms with E-state index in [2.05, 4.69) is 32.9 Å². The molecule has 0 saturated carbocycles. The van der Waals surface area contributed by atoms with E-state index in [1.54, 1.807) is 0 Å². The molecule has 156 valence electrons. The molecule has 30 heavy (non-hydrogen) atoms. The average Bonchev–Trinajstić information content (AvgIpc) is 3.37. The SMILES string of the molecule is Cc1ccccc1-c1ccccc1C(=O)N1CC[C@@]23OC[C@@H](C(C)C)N2C(=O)C[C@@H]13. The number of ether oxygens (including phenoxy) is 1. The molecule has 3 saturated heterocycles. The summed E-state index contributed by atoms with van der Waals surface area (Å²) < 4.78 is 6.29. The molecule has 5 nitrogen and oxygen atoms in total. The van der Waals surface area contributed by atoms with Crippen molar-refractivity contribution >= 4 is 11.8 Å². The molecule has 3 aliphatic rings. The Hall–Kier alpha value is -2.66. The van der Waals surface area contributed by atoms with E-state index in [4.69, 9.17) is 4.74 Å².